The fraction of sp³-hybridized carbons (Fsp3) is 0.818. The lowest BCUT2D eigenvalue weighted by Crippen LogP contribution is -2.45. The predicted molar refractivity (Wildman–Crippen MR) is 73.9 cm³/mol. The third kappa shape index (κ3) is 5.40. The number of carboxylic acid groups (broad SMARTS) is 1. The van der Waals surface area contributed by atoms with Crippen molar-refractivity contribution in [1.29, 1.82) is 0 Å². The fourth-order valence-corrected chi connectivity index (χ4v) is 5.27. The summed E-state index contributed by atoms with van der Waals surface area (Å²) < 4.78 is 22.5. The van der Waals surface area contributed by atoms with Crippen molar-refractivity contribution in [2.45, 2.75) is 31.6 Å². The lowest BCUT2D eigenvalue weighted by Gasteiger charge is -2.18. The summed E-state index contributed by atoms with van der Waals surface area (Å²) >= 11 is 1.28. The highest BCUT2D eigenvalue weighted by Gasteiger charge is 2.29. The summed E-state index contributed by atoms with van der Waals surface area (Å²) in [4.78, 5) is 22.6. The van der Waals surface area contributed by atoms with E-state index in [1.807, 2.05) is 0 Å². The maximum atomic E-state index is 11.6. The molecule has 110 valence electrons. The summed E-state index contributed by atoms with van der Waals surface area (Å²) in [5, 5.41) is 11.3. The second-order valence-electron chi connectivity index (χ2n) is 4.96. The van der Waals surface area contributed by atoms with Crippen molar-refractivity contribution in [3.63, 3.8) is 0 Å². The molecule has 1 fully saturated rings. The van der Waals surface area contributed by atoms with Gasteiger partial charge in [-0.2, -0.15) is 0 Å². The van der Waals surface area contributed by atoms with E-state index in [1.54, 1.807) is 13.8 Å². The number of hydrogen-bond acceptors (Lipinski definition) is 5. The summed E-state index contributed by atoms with van der Waals surface area (Å²) in [5.74, 6) is -1.24. The minimum atomic E-state index is -2.94. The topological polar surface area (TPSA) is 101 Å². The Labute approximate surface area is 117 Å². The number of aliphatic carboxylic acids is 1. The van der Waals surface area contributed by atoms with Gasteiger partial charge in [-0.05, 0) is 12.3 Å². The summed E-state index contributed by atoms with van der Waals surface area (Å²) in [6.45, 7) is 3.44. The summed E-state index contributed by atoms with van der Waals surface area (Å²) in [6, 6.07) is -0.902. The summed E-state index contributed by atoms with van der Waals surface area (Å²) in [6.07, 6.45) is 0.562. The Hall–Kier alpha value is -0.760. The first kappa shape index (κ1) is 16.3. The smallest absolute Gasteiger partial charge is 0.326 e. The van der Waals surface area contributed by atoms with Crippen LogP contribution in [0, 0.1) is 5.92 Å². The third-order valence-corrected chi connectivity index (χ3v) is 6.17. The third-order valence-electron chi connectivity index (χ3n) is 2.89. The lowest BCUT2D eigenvalue weighted by atomic mass is 10.1. The fourth-order valence-electron chi connectivity index (χ4n) is 1.81. The second kappa shape index (κ2) is 6.60. The van der Waals surface area contributed by atoms with Gasteiger partial charge in [-0.15, -0.1) is 11.8 Å². The molecule has 2 N–H and O–H groups in total. The molecule has 1 aliphatic heterocycles. The van der Waals surface area contributed by atoms with Crippen LogP contribution in [0.15, 0.2) is 0 Å². The molecule has 1 saturated heterocycles. The highest BCUT2D eigenvalue weighted by molar-refractivity contribution is 8.02. The Morgan fingerprint density at radius 1 is 1.42 bits per heavy atom. The number of carbonyl (C=O) groups is 2. The molecule has 1 rings (SSSR count). The highest BCUT2D eigenvalue weighted by Crippen LogP contribution is 2.24. The van der Waals surface area contributed by atoms with E-state index >= 15 is 0 Å². The molecule has 0 aromatic carbocycles. The first-order valence-corrected chi connectivity index (χ1v) is 8.92. The number of sulfone groups is 1. The van der Waals surface area contributed by atoms with Gasteiger partial charge in [0.2, 0.25) is 5.91 Å². The molecule has 0 radical (unpaired) electrons. The van der Waals surface area contributed by atoms with Crippen LogP contribution in [0.5, 0.6) is 0 Å². The number of hydrogen-bond donors (Lipinski definition) is 2. The second-order valence-corrected chi connectivity index (χ2v) is 8.48. The van der Waals surface area contributed by atoms with Gasteiger partial charge in [-0.3, -0.25) is 4.79 Å². The van der Waals surface area contributed by atoms with Crippen molar-refractivity contribution >= 4 is 33.5 Å². The van der Waals surface area contributed by atoms with Crippen LogP contribution in [0.25, 0.3) is 0 Å². The van der Waals surface area contributed by atoms with Gasteiger partial charge < -0.3 is 10.4 Å². The van der Waals surface area contributed by atoms with E-state index in [-0.39, 0.29) is 34.3 Å². The maximum absolute atomic E-state index is 11.6. The molecule has 8 heteroatoms. The van der Waals surface area contributed by atoms with E-state index in [0.29, 0.717) is 6.42 Å². The molecule has 0 spiro atoms. The minimum Gasteiger partial charge on any atom is -0.480 e. The van der Waals surface area contributed by atoms with E-state index < -0.39 is 21.8 Å². The van der Waals surface area contributed by atoms with Crippen LogP contribution in [-0.2, 0) is 19.4 Å². The van der Waals surface area contributed by atoms with Crippen molar-refractivity contribution < 1.29 is 23.1 Å². The molecule has 19 heavy (non-hydrogen) atoms. The lowest BCUT2D eigenvalue weighted by molar-refractivity contribution is -0.142. The Morgan fingerprint density at radius 2 is 2.05 bits per heavy atom. The van der Waals surface area contributed by atoms with Crippen LogP contribution >= 0.6 is 11.8 Å². The Balaban J connectivity index is 2.38. The molecule has 0 aromatic heterocycles. The SMILES string of the molecule is CC(C)C(NC(=O)CSC1CCS(=O)(=O)C1)C(=O)O. The zero-order valence-electron chi connectivity index (χ0n) is 11.0. The largest absolute Gasteiger partial charge is 0.480 e. The van der Waals surface area contributed by atoms with Crippen LogP contribution in [0.3, 0.4) is 0 Å². The monoisotopic (exact) mass is 309 g/mol. The Kier molecular flexibility index (Phi) is 5.66. The Bertz CT molecular complexity index is 446. The van der Waals surface area contributed by atoms with Crippen LogP contribution in [0.2, 0.25) is 0 Å². The number of carbonyl (C=O) groups excluding carboxylic acids is 1. The molecule has 1 heterocycles. The zero-order chi connectivity index (χ0) is 14.6. The predicted octanol–water partition coefficient (Wildman–Crippen LogP) is 0.132. The molecule has 0 aromatic rings. The van der Waals surface area contributed by atoms with E-state index in [1.165, 1.54) is 11.8 Å². The molecule has 0 aliphatic carbocycles. The first-order chi connectivity index (χ1) is 8.71. The van der Waals surface area contributed by atoms with Crippen molar-refractivity contribution in [1.82, 2.24) is 5.32 Å². The number of nitrogens with one attached hydrogen (secondary N) is 1. The zero-order valence-corrected chi connectivity index (χ0v) is 12.6. The molecule has 1 amide bonds. The number of thioether (sulfide) groups is 1. The summed E-state index contributed by atoms with van der Waals surface area (Å²) in [7, 11) is -2.94. The molecular weight excluding hydrogens is 290 g/mol. The van der Waals surface area contributed by atoms with Crippen molar-refractivity contribution in [3.8, 4) is 0 Å². The van der Waals surface area contributed by atoms with E-state index in [2.05, 4.69) is 5.32 Å². The number of rotatable bonds is 6. The van der Waals surface area contributed by atoms with Gasteiger partial charge in [0.25, 0.3) is 0 Å². The van der Waals surface area contributed by atoms with Gasteiger partial charge >= 0.3 is 5.97 Å². The van der Waals surface area contributed by atoms with Crippen molar-refractivity contribution in [3.05, 3.63) is 0 Å². The van der Waals surface area contributed by atoms with Crippen molar-refractivity contribution in [2.75, 3.05) is 17.3 Å². The van der Waals surface area contributed by atoms with Gasteiger partial charge in [-0.25, -0.2) is 13.2 Å². The van der Waals surface area contributed by atoms with Gasteiger partial charge in [0, 0.05) is 5.25 Å². The molecule has 0 bridgehead atoms. The van der Waals surface area contributed by atoms with Gasteiger partial charge in [-0.1, -0.05) is 13.8 Å². The van der Waals surface area contributed by atoms with E-state index in [0.717, 1.165) is 0 Å². The molecule has 6 nitrogen and oxygen atoms in total. The standard InChI is InChI=1S/C11H19NO5S2/c1-7(2)10(11(14)15)12-9(13)5-18-8-3-4-19(16,17)6-8/h7-8,10H,3-6H2,1-2H3,(H,12,13)(H,14,15). The van der Waals surface area contributed by atoms with E-state index in [4.69, 9.17) is 5.11 Å². The quantitative estimate of drug-likeness (QED) is 0.723. The molecule has 1 aliphatic rings. The van der Waals surface area contributed by atoms with Crippen LogP contribution in [0.1, 0.15) is 20.3 Å². The van der Waals surface area contributed by atoms with Gasteiger partial charge in [0.15, 0.2) is 9.84 Å². The number of amides is 1. The number of carboxylic acids is 1. The highest BCUT2D eigenvalue weighted by atomic mass is 32.2. The molecule has 2 unspecified atom stereocenters. The van der Waals surface area contributed by atoms with E-state index in [9.17, 15) is 18.0 Å². The Morgan fingerprint density at radius 3 is 2.47 bits per heavy atom. The average molecular weight is 309 g/mol. The normalized spacial score (nSPS) is 23.2. The van der Waals surface area contributed by atoms with Crippen molar-refractivity contribution in [2.24, 2.45) is 5.92 Å². The molecule has 0 saturated carbocycles. The maximum Gasteiger partial charge on any atom is 0.326 e. The summed E-state index contributed by atoms with van der Waals surface area (Å²) in [5.41, 5.74) is 0. The molecular formula is C11H19NO5S2. The first-order valence-electron chi connectivity index (χ1n) is 6.05. The van der Waals surface area contributed by atoms with Crippen LogP contribution in [-0.4, -0.2) is 54.0 Å². The van der Waals surface area contributed by atoms with Crippen LogP contribution in [0.4, 0.5) is 0 Å². The molecule has 2 atom stereocenters. The average Bonchev–Trinajstić information content (AvgIpc) is 2.62. The van der Waals surface area contributed by atoms with Crippen LogP contribution < -0.4 is 5.32 Å². The van der Waals surface area contributed by atoms with Gasteiger partial charge in [0.05, 0.1) is 17.3 Å². The minimum absolute atomic E-state index is 0.0573. The van der Waals surface area contributed by atoms with Gasteiger partial charge in [0.1, 0.15) is 6.04 Å².